The fraction of sp³-hybridized carbons (Fsp3) is 0.133. The topological polar surface area (TPSA) is 49.3 Å². The smallest absolute Gasteiger partial charge is 0.255 e. The van der Waals surface area contributed by atoms with E-state index in [1.165, 1.54) is 6.07 Å². The molecule has 1 amide bonds. The monoisotopic (exact) mass is 309 g/mol. The molecule has 0 heterocycles. The number of amides is 1. The molecule has 0 saturated carbocycles. The molecule has 0 aromatic heterocycles. The van der Waals surface area contributed by atoms with Crippen molar-refractivity contribution in [3.05, 3.63) is 63.1 Å². The second-order valence-corrected chi connectivity index (χ2v) is 5.20. The van der Waals surface area contributed by atoms with Crippen molar-refractivity contribution in [1.82, 2.24) is 0 Å². The number of carbonyl (C=O) groups excluding carboxylic acids is 1. The lowest BCUT2D eigenvalue weighted by Crippen LogP contribution is -2.13. The molecular formula is C15H13Cl2NO2. The van der Waals surface area contributed by atoms with Crippen molar-refractivity contribution in [2.75, 3.05) is 5.32 Å². The Morgan fingerprint density at radius 3 is 2.55 bits per heavy atom. The average molecular weight is 310 g/mol. The second-order valence-electron chi connectivity index (χ2n) is 4.39. The molecule has 0 unspecified atom stereocenters. The number of anilines is 1. The molecule has 0 aliphatic heterocycles. The molecule has 0 aliphatic rings. The lowest BCUT2D eigenvalue weighted by atomic mass is 10.1. The summed E-state index contributed by atoms with van der Waals surface area (Å²) in [5.74, 6) is -0.276. The highest BCUT2D eigenvalue weighted by molar-refractivity contribution is 6.42. The molecule has 104 valence electrons. The number of aryl methyl sites for hydroxylation is 1. The number of halogens is 2. The molecule has 20 heavy (non-hydrogen) atoms. The van der Waals surface area contributed by atoms with Crippen LogP contribution in [0.25, 0.3) is 0 Å². The molecule has 2 aromatic carbocycles. The van der Waals surface area contributed by atoms with E-state index in [1.54, 1.807) is 18.2 Å². The van der Waals surface area contributed by atoms with Gasteiger partial charge in [-0.25, -0.2) is 0 Å². The normalized spacial score (nSPS) is 10.4. The van der Waals surface area contributed by atoms with E-state index < -0.39 is 0 Å². The van der Waals surface area contributed by atoms with Crippen LogP contribution in [0.2, 0.25) is 10.0 Å². The lowest BCUT2D eigenvalue weighted by Gasteiger charge is -2.10. The van der Waals surface area contributed by atoms with Gasteiger partial charge in [-0.05, 0) is 42.3 Å². The van der Waals surface area contributed by atoms with Gasteiger partial charge in [-0.1, -0.05) is 35.3 Å². The number of aliphatic hydroxyl groups excluding tert-OH is 1. The van der Waals surface area contributed by atoms with Gasteiger partial charge in [-0.2, -0.15) is 0 Å². The van der Waals surface area contributed by atoms with E-state index in [1.807, 2.05) is 19.1 Å². The maximum Gasteiger partial charge on any atom is 0.255 e. The molecule has 5 heteroatoms. The number of rotatable bonds is 3. The van der Waals surface area contributed by atoms with Crippen molar-refractivity contribution >= 4 is 34.8 Å². The number of benzene rings is 2. The summed E-state index contributed by atoms with van der Waals surface area (Å²) < 4.78 is 0. The van der Waals surface area contributed by atoms with Crippen molar-refractivity contribution in [3.8, 4) is 0 Å². The zero-order valence-corrected chi connectivity index (χ0v) is 12.3. The van der Waals surface area contributed by atoms with Gasteiger partial charge in [0.2, 0.25) is 0 Å². The molecule has 2 N–H and O–H groups in total. The summed E-state index contributed by atoms with van der Waals surface area (Å²) in [5.41, 5.74) is 2.73. The van der Waals surface area contributed by atoms with E-state index in [2.05, 4.69) is 5.32 Å². The Morgan fingerprint density at radius 2 is 1.90 bits per heavy atom. The molecule has 0 fully saturated rings. The van der Waals surface area contributed by atoms with Gasteiger partial charge in [0.25, 0.3) is 5.91 Å². The first-order chi connectivity index (χ1) is 9.51. The third-order valence-corrected chi connectivity index (χ3v) is 3.65. The van der Waals surface area contributed by atoms with Crippen LogP contribution >= 0.6 is 23.2 Å². The predicted octanol–water partition coefficient (Wildman–Crippen LogP) is 4.05. The Hall–Kier alpha value is -1.55. The first-order valence-electron chi connectivity index (χ1n) is 5.98. The van der Waals surface area contributed by atoms with Crippen molar-refractivity contribution in [1.29, 1.82) is 0 Å². The number of carbonyl (C=O) groups is 1. The molecule has 0 atom stereocenters. The average Bonchev–Trinajstić information content (AvgIpc) is 2.44. The Morgan fingerprint density at radius 1 is 1.15 bits per heavy atom. The van der Waals surface area contributed by atoms with Crippen molar-refractivity contribution in [2.45, 2.75) is 13.5 Å². The highest BCUT2D eigenvalue weighted by atomic mass is 35.5. The molecule has 0 bridgehead atoms. The Labute approximate surface area is 127 Å². The molecular weight excluding hydrogens is 297 g/mol. The van der Waals surface area contributed by atoms with E-state index >= 15 is 0 Å². The SMILES string of the molecule is Cc1ccc(CO)cc1NC(=O)c1ccc(Cl)c(Cl)c1. The van der Waals surface area contributed by atoms with Crippen LogP contribution in [0, 0.1) is 6.92 Å². The number of hydrogen-bond donors (Lipinski definition) is 2. The number of aliphatic hydroxyl groups is 1. The van der Waals surface area contributed by atoms with Crippen molar-refractivity contribution in [3.63, 3.8) is 0 Å². The fourth-order valence-corrected chi connectivity index (χ4v) is 2.03. The van der Waals surface area contributed by atoms with Gasteiger partial charge in [0.05, 0.1) is 16.7 Å². The first-order valence-corrected chi connectivity index (χ1v) is 6.73. The summed E-state index contributed by atoms with van der Waals surface area (Å²) in [4.78, 5) is 12.2. The summed E-state index contributed by atoms with van der Waals surface area (Å²) in [6, 6.07) is 10.1. The van der Waals surface area contributed by atoms with E-state index in [0.29, 0.717) is 21.3 Å². The van der Waals surface area contributed by atoms with Crippen LogP contribution in [0.15, 0.2) is 36.4 Å². The summed E-state index contributed by atoms with van der Waals surface area (Å²) in [5, 5.41) is 12.7. The maximum atomic E-state index is 12.2. The minimum atomic E-state index is -0.276. The highest BCUT2D eigenvalue weighted by Gasteiger charge is 2.10. The van der Waals surface area contributed by atoms with E-state index in [0.717, 1.165) is 11.1 Å². The van der Waals surface area contributed by atoms with E-state index in [-0.39, 0.29) is 12.5 Å². The largest absolute Gasteiger partial charge is 0.392 e. The van der Waals surface area contributed by atoms with Gasteiger partial charge in [-0.3, -0.25) is 4.79 Å². The van der Waals surface area contributed by atoms with Crippen LogP contribution in [0.1, 0.15) is 21.5 Å². The molecule has 2 rings (SSSR count). The Balaban J connectivity index is 2.25. The summed E-state index contributed by atoms with van der Waals surface area (Å²) in [7, 11) is 0. The van der Waals surface area contributed by atoms with Gasteiger partial charge >= 0.3 is 0 Å². The van der Waals surface area contributed by atoms with Crippen LogP contribution in [0.3, 0.4) is 0 Å². The molecule has 0 saturated heterocycles. The zero-order chi connectivity index (χ0) is 14.7. The quantitative estimate of drug-likeness (QED) is 0.898. The van der Waals surface area contributed by atoms with E-state index in [9.17, 15) is 4.79 Å². The van der Waals surface area contributed by atoms with Gasteiger partial charge in [-0.15, -0.1) is 0 Å². The van der Waals surface area contributed by atoms with Gasteiger partial charge in [0.15, 0.2) is 0 Å². The second kappa shape index (κ2) is 6.27. The molecule has 0 spiro atoms. The predicted molar refractivity (Wildman–Crippen MR) is 81.5 cm³/mol. The first kappa shape index (κ1) is 14.9. The third-order valence-electron chi connectivity index (χ3n) is 2.91. The van der Waals surface area contributed by atoms with Crippen LogP contribution in [-0.4, -0.2) is 11.0 Å². The Bertz CT molecular complexity index is 656. The standard InChI is InChI=1S/C15H13Cl2NO2/c1-9-2-3-10(8-19)6-14(9)18-15(20)11-4-5-12(16)13(17)7-11/h2-7,19H,8H2,1H3,(H,18,20). The minimum absolute atomic E-state index is 0.0735. The van der Waals surface area contributed by atoms with Crippen LogP contribution in [0.4, 0.5) is 5.69 Å². The summed E-state index contributed by atoms with van der Waals surface area (Å²) in [6.07, 6.45) is 0. The van der Waals surface area contributed by atoms with Crippen LogP contribution in [0.5, 0.6) is 0 Å². The third kappa shape index (κ3) is 3.31. The summed E-state index contributed by atoms with van der Waals surface area (Å²) in [6.45, 7) is 1.81. The maximum absolute atomic E-state index is 12.2. The van der Waals surface area contributed by atoms with Gasteiger partial charge in [0, 0.05) is 11.3 Å². The molecule has 0 radical (unpaired) electrons. The molecule has 3 nitrogen and oxygen atoms in total. The minimum Gasteiger partial charge on any atom is -0.392 e. The van der Waals surface area contributed by atoms with Crippen LogP contribution < -0.4 is 5.32 Å². The van der Waals surface area contributed by atoms with Crippen molar-refractivity contribution < 1.29 is 9.90 Å². The molecule has 0 aliphatic carbocycles. The molecule has 2 aromatic rings. The van der Waals surface area contributed by atoms with Crippen LogP contribution in [-0.2, 0) is 6.61 Å². The van der Waals surface area contributed by atoms with Gasteiger partial charge in [0.1, 0.15) is 0 Å². The van der Waals surface area contributed by atoms with Crippen molar-refractivity contribution in [2.24, 2.45) is 0 Å². The highest BCUT2D eigenvalue weighted by Crippen LogP contribution is 2.24. The van der Waals surface area contributed by atoms with Gasteiger partial charge < -0.3 is 10.4 Å². The lowest BCUT2D eigenvalue weighted by molar-refractivity contribution is 0.102. The number of nitrogens with one attached hydrogen (secondary N) is 1. The Kier molecular flexibility index (Phi) is 4.65. The zero-order valence-electron chi connectivity index (χ0n) is 10.8. The van der Waals surface area contributed by atoms with E-state index in [4.69, 9.17) is 28.3 Å². The number of hydrogen-bond acceptors (Lipinski definition) is 2. The summed E-state index contributed by atoms with van der Waals surface area (Å²) >= 11 is 11.7. The fourth-order valence-electron chi connectivity index (χ4n) is 1.73.